The van der Waals surface area contributed by atoms with Gasteiger partial charge in [0.15, 0.2) is 5.60 Å². The van der Waals surface area contributed by atoms with Crippen LogP contribution in [0.25, 0.3) is 0 Å². The first kappa shape index (κ1) is 15.3. The first-order chi connectivity index (χ1) is 9.37. The van der Waals surface area contributed by atoms with Crippen molar-refractivity contribution < 1.29 is 18.3 Å². The van der Waals surface area contributed by atoms with Crippen LogP contribution in [0.5, 0.6) is 0 Å². The molecule has 1 aromatic rings. The SMILES string of the molecule is NC[C@H](c1ccccc1)N1CCC(O)(C(F)(F)F)CC1. The lowest BCUT2D eigenvalue weighted by molar-refractivity contribution is -0.273. The molecule has 3 N–H and O–H groups in total. The fourth-order valence-electron chi connectivity index (χ4n) is 2.66. The predicted octanol–water partition coefficient (Wildman–Crippen LogP) is 2.08. The number of nitrogens with zero attached hydrogens (tertiary/aromatic N) is 1. The summed E-state index contributed by atoms with van der Waals surface area (Å²) in [4.78, 5) is 1.91. The molecule has 0 spiro atoms. The number of halogens is 3. The second-order valence-electron chi connectivity index (χ2n) is 5.23. The molecular weight excluding hydrogens is 269 g/mol. The summed E-state index contributed by atoms with van der Waals surface area (Å²) in [5, 5.41) is 9.67. The summed E-state index contributed by atoms with van der Waals surface area (Å²) in [6.45, 7) is 0.716. The highest BCUT2D eigenvalue weighted by Gasteiger charge is 2.54. The summed E-state index contributed by atoms with van der Waals surface area (Å²) in [7, 11) is 0. The van der Waals surface area contributed by atoms with Gasteiger partial charge in [-0.2, -0.15) is 13.2 Å². The van der Waals surface area contributed by atoms with Crippen LogP contribution in [0.3, 0.4) is 0 Å². The Bertz CT molecular complexity index is 428. The lowest BCUT2D eigenvalue weighted by Gasteiger charge is -2.42. The van der Waals surface area contributed by atoms with Crippen LogP contribution in [-0.2, 0) is 0 Å². The maximum absolute atomic E-state index is 12.8. The molecule has 1 fully saturated rings. The first-order valence-corrected chi connectivity index (χ1v) is 6.65. The molecule has 0 saturated carbocycles. The van der Waals surface area contributed by atoms with E-state index in [2.05, 4.69) is 0 Å². The molecule has 0 radical (unpaired) electrons. The van der Waals surface area contributed by atoms with Crippen LogP contribution in [0.2, 0.25) is 0 Å². The zero-order chi connectivity index (χ0) is 14.8. The predicted molar refractivity (Wildman–Crippen MR) is 70.0 cm³/mol. The van der Waals surface area contributed by atoms with Crippen LogP contribution in [0.1, 0.15) is 24.4 Å². The van der Waals surface area contributed by atoms with Gasteiger partial charge in [0.1, 0.15) is 0 Å². The zero-order valence-electron chi connectivity index (χ0n) is 11.1. The van der Waals surface area contributed by atoms with E-state index in [9.17, 15) is 18.3 Å². The lowest BCUT2D eigenvalue weighted by atomic mass is 9.89. The first-order valence-electron chi connectivity index (χ1n) is 6.65. The minimum atomic E-state index is -4.57. The van der Waals surface area contributed by atoms with Crippen molar-refractivity contribution in [3.8, 4) is 0 Å². The molecule has 112 valence electrons. The van der Waals surface area contributed by atoms with Crippen molar-refractivity contribution in [3.05, 3.63) is 35.9 Å². The van der Waals surface area contributed by atoms with Crippen molar-refractivity contribution in [2.75, 3.05) is 19.6 Å². The van der Waals surface area contributed by atoms with E-state index in [1.807, 2.05) is 35.2 Å². The van der Waals surface area contributed by atoms with Gasteiger partial charge in [-0.25, -0.2) is 0 Å². The van der Waals surface area contributed by atoms with Crippen molar-refractivity contribution in [3.63, 3.8) is 0 Å². The molecule has 3 nitrogen and oxygen atoms in total. The second-order valence-corrected chi connectivity index (χ2v) is 5.23. The van der Waals surface area contributed by atoms with E-state index >= 15 is 0 Å². The molecule has 0 aliphatic carbocycles. The molecule has 0 unspecified atom stereocenters. The Kier molecular flexibility index (Phi) is 4.36. The van der Waals surface area contributed by atoms with Crippen molar-refractivity contribution >= 4 is 0 Å². The van der Waals surface area contributed by atoms with E-state index in [-0.39, 0.29) is 32.0 Å². The zero-order valence-corrected chi connectivity index (χ0v) is 11.1. The van der Waals surface area contributed by atoms with Gasteiger partial charge in [0.25, 0.3) is 0 Å². The number of rotatable bonds is 3. The average Bonchev–Trinajstić information content (AvgIpc) is 2.42. The third kappa shape index (κ3) is 2.97. The Balaban J connectivity index is 2.06. The van der Waals surface area contributed by atoms with Crippen LogP contribution >= 0.6 is 0 Å². The fraction of sp³-hybridized carbons (Fsp3) is 0.571. The fourth-order valence-corrected chi connectivity index (χ4v) is 2.66. The second kappa shape index (κ2) is 5.71. The summed E-state index contributed by atoms with van der Waals surface area (Å²) in [5.74, 6) is 0. The average molecular weight is 288 g/mol. The number of likely N-dealkylation sites (tertiary alicyclic amines) is 1. The van der Waals surface area contributed by atoms with Crippen LogP contribution < -0.4 is 5.73 Å². The van der Waals surface area contributed by atoms with Gasteiger partial charge in [-0.1, -0.05) is 30.3 Å². The minimum absolute atomic E-state index is 0.103. The van der Waals surface area contributed by atoms with E-state index in [4.69, 9.17) is 5.73 Å². The minimum Gasteiger partial charge on any atom is -0.380 e. The smallest absolute Gasteiger partial charge is 0.380 e. The molecule has 1 aromatic carbocycles. The Hall–Kier alpha value is -1.11. The van der Waals surface area contributed by atoms with Gasteiger partial charge in [-0.05, 0) is 18.4 Å². The number of aliphatic hydroxyl groups is 1. The summed E-state index contributed by atoms with van der Waals surface area (Å²) >= 11 is 0. The maximum atomic E-state index is 12.8. The van der Waals surface area contributed by atoms with E-state index in [1.165, 1.54) is 0 Å². The standard InChI is InChI=1S/C14H19F3N2O/c15-14(16,17)13(20)6-8-19(9-7-13)12(10-18)11-4-2-1-3-5-11/h1-5,12,20H,6-10,18H2/t12-/m1/s1. The summed E-state index contributed by atoms with van der Waals surface area (Å²) < 4.78 is 38.3. The number of piperidine rings is 1. The van der Waals surface area contributed by atoms with Crippen molar-refractivity contribution in [1.29, 1.82) is 0 Å². The quantitative estimate of drug-likeness (QED) is 0.895. The molecule has 0 amide bonds. The highest BCUT2D eigenvalue weighted by molar-refractivity contribution is 5.19. The van der Waals surface area contributed by atoms with Crippen LogP contribution in [-0.4, -0.2) is 41.4 Å². The molecule has 1 aliphatic rings. The van der Waals surface area contributed by atoms with Crippen LogP contribution in [0.15, 0.2) is 30.3 Å². The Morgan fingerprint density at radius 1 is 1.20 bits per heavy atom. The monoisotopic (exact) mass is 288 g/mol. The Labute approximate surface area is 116 Å². The molecule has 20 heavy (non-hydrogen) atoms. The van der Waals surface area contributed by atoms with Crippen molar-refractivity contribution in [2.45, 2.75) is 30.7 Å². The molecule has 2 rings (SSSR count). The van der Waals surface area contributed by atoms with E-state index in [1.54, 1.807) is 0 Å². The van der Waals surface area contributed by atoms with Gasteiger partial charge < -0.3 is 10.8 Å². The molecular formula is C14H19F3N2O. The number of hydrogen-bond acceptors (Lipinski definition) is 3. The number of hydrogen-bond donors (Lipinski definition) is 2. The van der Waals surface area contributed by atoms with Gasteiger partial charge in [0, 0.05) is 25.7 Å². The van der Waals surface area contributed by atoms with Crippen molar-refractivity contribution in [1.82, 2.24) is 4.90 Å². The van der Waals surface area contributed by atoms with E-state index < -0.39 is 11.8 Å². The highest BCUT2D eigenvalue weighted by atomic mass is 19.4. The van der Waals surface area contributed by atoms with Gasteiger partial charge in [-0.15, -0.1) is 0 Å². The number of benzene rings is 1. The third-order valence-electron chi connectivity index (χ3n) is 4.00. The van der Waals surface area contributed by atoms with E-state index in [0.29, 0.717) is 6.54 Å². The van der Waals surface area contributed by atoms with Gasteiger partial charge in [0.2, 0.25) is 0 Å². The normalized spacial score (nSPS) is 21.6. The summed E-state index contributed by atoms with van der Waals surface area (Å²) in [6.07, 6.45) is -5.18. The molecule has 1 aliphatic heterocycles. The molecule has 1 atom stereocenters. The Morgan fingerprint density at radius 2 is 1.75 bits per heavy atom. The van der Waals surface area contributed by atoms with Gasteiger partial charge >= 0.3 is 6.18 Å². The van der Waals surface area contributed by atoms with Crippen LogP contribution in [0.4, 0.5) is 13.2 Å². The molecule has 0 aromatic heterocycles. The molecule has 0 bridgehead atoms. The molecule has 6 heteroatoms. The lowest BCUT2D eigenvalue weighted by Crippen LogP contribution is -2.54. The number of nitrogens with two attached hydrogens (primary N) is 1. The van der Waals surface area contributed by atoms with Gasteiger partial charge in [0.05, 0.1) is 0 Å². The van der Waals surface area contributed by atoms with Crippen molar-refractivity contribution in [2.24, 2.45) is 5.73 Å². The van der Waals surface area contributed by atoms with E-state index in [0.717, 1.165) is 5.56 Å². The summed E-state index contributed by atoms with van der Waals surface area (Å²) in [6, 6.07) is 9.39. The van der Waals surface area contributed by atoms with Gasteiger partial charge in [-0.3, -0.25) is 4.90 Å². The van der Waals surface area contributed by atoms with Crippen LogP contribution in [0, 0.1) is 0 Å². The third-order valence-corrected chi connectivity index (χ3v) is 4.00. The Morgan fingerprint density at radius 3 is 2.20 bits per heavy atom. The topological polar surface area (TPSA) is 49.5 Å². The highest BCUT2D eigenvalue weighted by Crippen LogP contribution is 2.39. The summed E-state index contributed by atoms with van der Waals surface area (Å²) in [5.41, 5.74) is 4.20. The molecule has 1 heterocycles. The number of alkyl halides is 3. The molecule has 1 saturated heterocycles. The largest absolute Gasteiger partial charge is 0.417 e. The maximum Gasteiger partial charge on any atom is 0.417 e.